The van der Waals surface area contributed by atoms with Gasteiger partial charge in [0, 0.05) is 31.1 Å². The van der Waals surface area contributed by atoms with E-state index in [1.807, 2.05) is 11.4 Å². The quantitative estimate of drug-likeness (QED) is 0.852. The van der Waals surface area contributed by atoms with Crippen molar-refractivity contribution in [1.82, 2.24) is 9.80 Å². The standard InChI is InChI=1S/C15H21ClN2OS/c1-2-6-18-8-5-15(14(18)19)4-7-17(11-15)10-13-12(16)3-9-20-13/h3,9H,2,4-8,10-11H2,1H3. The lowest BCUT2D eigenvalue weighted by Gasteiger charge is -2.23. The van der Waals surface area contributed by atoms with Crippen LogP contribution in [0.15, 0.2) is 11.4 Å². The molecule has 1 aromatic rings. The average Bonchev–Trinajstić information content (AvgIpc) is 3.10. The highest BCUT2D eigenvalue weighted by Gasteiger charge is 2.50. The van der Waals surface area contributed by atoms with Gasteiger partial charge in [0.2, 0.25) is 5.91 Å². The van der Waals surface area contributed by atoms with E-state index in [1.54, 1.807) is 11.3 Å². The summed E-state index contributed by atoms with van der Waals surface area (Å²) in [6.45, 7) is 6.80. The maximum Gasteiger partial charge on any atom is 0.230 e. The van der Waals surface area contributed by atoms with E-state index in [1.165, 1.54) is 4.88 Å². The van der Waals surface area contributed by atoms with Crippen molar-refractivity contribution in [3.8, 4) is 0 Å². The number of amides is 1. The van der Waals surface area contributed by atoms with Crippen LogP contribution >= 0.6 is 22.9 Å². The number of halogens is 1. The summed E-state index contributed by atoms with van der Waals surface area (Å²) < 4.78 is 0. The molecule has 2 aliphatic rings. The molecule has 0 radical (unpaired) electrons. The fraction of sp³-hybridized carbons (Fsp3) is 0.667. The Labute approximate surface area is 129 Å². The molecule has 0 saturated carbocycles. The molecule has 5 heteroatoms. The fourth-order valence-electron chi connectivity index (χ4n) is 3.49. The van der Waals surface area contributed by atoms with Gasteiger partial charge in [0.1, 0.15) is 0 Å². The van der Waals surface area contributed by atoms with Crippen LogP contribution in [0.1, 0.15) is 31.1 Å². The molecule has 3 heterocycles. The van der Waals surface area contributed by atoms with Gasteiger partial charge in [-0.05, 0) is 37.3 Å². The minimum absolute atomic E-state index is 0.0983. The van der Waals surface area contributed by atoms with Crippen LogP contribution < -0.4 is 0 Å². The zero-order valence-electron chi connectivity index (χ0n) is 11.9. The number of rotatable bonds is 4. The summed E-state index contributed by atoms with van der Waals surface area (Å²) in [6, 6.07) is 1.96. The normalized spacial score (nSPS) is 27.1. The predicted octanol–water partition coefficient (Wildman–Crippen LogP) is 3.24. The summed E-state index contributed by atoms with van der Waals surface area (Å²) in [5.41, 5.74) is -0.0983. The topological polar surface area (TPSA) is 23.6 Å². The van der Waals surface area contributed by atoms with Gasteiger partial charge in [0.15, 0.2) is 0 Å². The van der Waals surface area contributed by atoms with E-state index in [0.29, 0.717) is 5.91 Å². The largest absolute Gasteiger partial charge is 0.342 e. The summed E-state index contributed by atoms with van der Waals surface area (Å²) in [5.74, 6) is 0.388. The number of carbonyl (C=O) groups is 1. The molecule has 1 unspecified atom stereocenters. The van der Waals surface area contributed by atoms with E-state index in [4.69, 9.17) is 11.6 Å². The van der Waals surface area contributed by atoms with Crippen molar-refractivity contribution in [2.45, 2.75) is 32.7 Å². The second kappa shape index (κ2) is 5.66. The van der Waals surface area contributed by atoms with Gasteiger partial charge in [-0.15, -0.1) is 11.3 Å². The molecule has 0 bridgehead atoms. The Balaban J connectivity index is 1.65. The molecule has 0 aromatic carbocycles. The lowest BCUT2D eigenvalue weighted by atomic mass is 9.85. The van der Waals surface area contributed by atoms with E-state index in [-0.39, 0.29) is 5.41 Å². The number of hydrogen-bond acceptors (Lipinski definition) is 3. The molecule has 0 aliphatic carbocycles. The second-order valence-electron chi connectivity index (χ2n) is 5.97. The molecule has 1 spiro atoms. The molecule has 1 amide bonds. The Kier molecular flexibility index (Phi) is 4.07. The van der Waals surface area contributed by atoms with Crippen molar-refractivity contribution >= 4 is 28.8 Å². The van der Waals surface area contributed by atoms with E-state index in [2.05, 4.69) is 16.7 Å². The third-order valence-electron chi connectivity index (χ3n) is 4.59. The van der Waals surface area contributed by atoms with E-state index < -0.39 is 0 Å². The first kappa shape index (κ1) is 14.4. The van der Waals surface area contributed by atoms with Crippen LogP contribution in [0.4, 0.5) is 0 Å². The van der Waals surface area contributed by atoms with Gasteiger partial charge >= 0.3 is 0 Å². The highest BCUT2D eigenvalue weighted by atomic mass is 35.5. The molecule has 0 N–H and O–H groups in total. The predicted molar refractivity (Wildman–Crippen MR) is 83.1 cm³/mol. The van der Waals surface area contributed by atoms with Crippen LogP contribution in [0.5, 0.6) is 0 Å². The number of carbonyl (C=O) groups excluding carboxylic acids is 1. The molecule has 1 aromatic heterocycles. The highest BCUT2D eigenvalue weighted by molar-refractivity contribution is 7.10. The first-order valence-corrected chi connectivity index (χ1v) is 8.64. The number of nitrogens with zero attached hydrogens (tertiary/aromatic N) is 2. The van der Waals surface area contributed by atoms with Gasteiger partial charge in [-0.3, -0.25) is 9.69 Å². The van der Waals surface area contributed by atoms with E-state index in [0.717, 1.165) is 57.0 Å². The molecule has 2 fully saturated rings. The minimum Gasteiger partial charge on any atom is -0.342 e. The third-order valence-corrected chi connectivity index (χ3v) is 5.96. The second-order valence-corrected chi connectivity index (χ2v) is 7.38. The Bertz CT molecular complexity index is 504. The van der Waals surface area contributed by atoms with Crippen molar-refractivity contribution < 1.29 is 4.79 Å². The molecule has 3 nitrogen and oxygen atoms in total. The Morgan fingerprint density at radius 1 is 1.40 bits per heavy atom. The van der Waals surface area contributed by atoms with Crippen LogP contribution in [0.2, 0.25) is 5.02 Å². The van der Waals surface area contributed by atoms with Crippen molar-refractivity contribution in [3.63, 3.8) is 0 Å². The fourth-order valence-corrected chi connectivity index (χ4v) is 4.63. The molecule has 20 heavy (non-hydrogen) atoms. The summed E-state index contributed by atoms with van der Waals surface area (Å²) in [4.78, 5) is 18.3. The summed E-state index contributed by atoms with van der Waals surface area (Å²) in [5, 5.41) is 2.90. The maximum atomic E-state index is 12.6. The van der Waals surface area contributed by atoms with Crippen molar-refractivity contribution in [3.05, 3.63) is 21.3 Å². The molecule has 1 atom stereocenters. The Hall–Kier alpha value is -0.580. The Morgan fingerprint density at radius 2 is 2.20 bits per heavy atom. The highest BCUT2D eigenvalue weighted by Crippen LogP contribution is 2.41. The van der Waals surface area contributed by atoms with Gasteiger partial charge in [-0.1, -0.05) is 18.5 Å². The summed E-state index contributed by atoms with van der Waals surface area (Å²) in [7, 11) is 0. The van der Waals surface area contributed by atoms with Crippen LogP contribution in [0.25, 0.3) is 0 Å². The summed E-state index contributed by atoms with van der Waals surface area (Å²) in [6.07, 6.45) is 3.09. The Morgan fingerprint density at radius 3 is 2.90 bits per heavy atom. The van der Waals surface area contributed by atoms with Crippen LogP contribution in [-0.4, -0.2) is 41.9 Å². The molecule has 2 aliphatic heterocycles. The van der Waals surface area contributed by atoms with Gasteiger partial charge < -0.3 is 4.90 Å². The molecular formula is C15H21ClN2OS. The van der Waals surface area contributed by atoms with Gasteiger partial charge in [0.05, 0.1) is 10.4 Å². The van der Waals surface area contributed by atoms with Crippen LogP contribution in [0.3, 0.4) is 0 Å². The third kappa shape index (κ3) is 2.49. The monoisotopic (exact) mass is 312 g/mol. The lowest BCUT2D eigenvalue weighted by molar-refractivity contribution is -0.135. The zero-order chi connectivity index (χ0) is 14.2. The first-order valence-electron chi connectivity index (χ1n) is 7.38. The number of hydrogen-bond donors (Lipinski definition) is 0. The number of likely N-dealkylation sites (tertiary alicyclic amines) is 2. The molecular weight excluding hydrogens is 292 g/mol. The molecule has 3 rings (SSSR count). The lowest BCUT2D eigenvalue weighted by Crippen LogP contribution is -2.37. The van der Waals surface area contributed by atoms with Crippen molar-refractivity contribution in [1.29, 1.82) is 0 Å². The van der Waals surface area contributed by atoms with Gasteiger partial charge in [-0.25, -0.2) is 0 Å². The first-order chi connectivity index (χ1) is 9.64. The summed E-state index contributed by atoms with van der Waals surface area (Å²) >= 11 is 7.88. The molecule has 2 saturated heterocycles. The van der Waals surface area contributed by atoms with Crippen molar-refractivity contribution in [2.24, 2.45) is 5.41 Å². The maximum absolute atomic E-state index is 12.6. The SMILES string of the molecule is CCCN1CCC2(CCN(Cc3sccc3Cl)C2)C1=O. The average molecular weight is 313 g/mol. The van der Waals surface area contributed by atoms with Crippen LogP contribution in [-0.2, 0) is 11.3 Å². The minimum atomic E-state index is -0.0983. The number of thiophene rings is 1. The van der Waals surface area contributed by atoms with Gasteiger partial charge in [-0.2, -0.15) is 0 Å². The van der Waals surface area contributed by atoms with Crippen LogP contribution in [0, 0.1) is 5.41 Å². The molecule has 110 valence electrons. The zero-order valence-corrected chi connectivity index (χ0v) is 13.5. The van der Waals surface area contributed by atoms with Gasteiger partial charge in [0.25, 0.3) is 0 Å². The smallest absolute Gasteiger partial charge is 0.230 e. The van der Waals surface area contributed by atoms with E-state index >= 15 is 0 Å². The van der Waals surface area contributed by atoms with Crippen molar-refractivity contribution in [2.75, 3.05) is 26.2 Å². The van der Waals surface area contributed by atoms with E-state index in [9.17, 15) is 4.79 Å².